The molecule has 2 aliphatic carbocycles. The molecule has 0 N–H and O–H groups in total. The fourth-order valence-corrected chi connectivity index (χ4v) is 6.42. The first-order chi connectivity index (χ1) is 17.0. The first-order valence-electron chi connectivity index (χ1n) is 12.0. The number of rotatable bonds is 5. The predicted molar refractivity (Wildman–Crippen MR) is 127 cm³/mol. The van der Waals surface area contributed by atoms with Crippen LogP contribution < -0.4 is 0 Å². The van der Waals surface area contributed by atoms with Crippen LogP contribution in [0.3, 0.4) is 0 Å². The van der Waals surface area contributed by atoms with Gasteiger partial charge in [0.05, 0.1) is 20.3 Å². The molecule has 1 aliphatic heterocycles. The number of hydrogen-bond acceptors (Lipinski definition) is 6. The van der Waals surface area contributed by atoms with Crippen LogP contribution in [-0.2, 0) is 23.8 Å². The number of carbonyl (C=O) groups excluding carboxylic acids is 3. The molecule has 182 valence electrons. The maximum absolute atomic E-state index is 13.6. The second kappa shape index (κ2) is 9.21. The molecule has 0 bridgehead atoms. The highest BCUT2D eigenvalue weighted by atomic mass is 16.6. The van der Waals surface area contributed by atoms with Crippen molar-refractivity contribution in [2.24, 2.45) is 17.3 Å². The second-order valence-corrected chi connectivity index (χ2v) is 9.36. The summed E-state index contributed by atoms with van der Waals surface area (Å²) in [6.45, 7) is 0. The first kappa shape index (κ1) is 23.1. The minimum atomic E-state index is -1.64. The van der Waals surface area contributed by atoms with Gasteiger partial charge in [-0.05, 0) is 42.2 Å². The molecule has 0 spiro atoms. The lowest BCUT2D eigenvalue weighted by molar-refractivity contribution is -0.177. The lowest BCUT2D eigenvalue weighted by Gasteiger charge is -2.40. The highest BCUT2D eigenvalue weighted by molar-refractivity contribution is 6.02. The van der Waals surface area contributed by atoms with Gasteiger partial charge in [-0.3, -0.25) is 14.5 Å². The van der Waals surface area contributed by atoms with Gasteiger partial charge in [0.1, 0.15) is 6.04 Å². The number of benzene rings is 2. The molecule has 2 fully saturated rings. The Kier molecular flexibility index (Phi) is 6.09. The number of allylic oxidation sites excluding steroid dienone is 2. The largest absolute Gasteiger partial charge is 0.468 e. The Labute approximate surface area is 204 Å². The van der Waals surface area contributed by atoms with Crippen LogP contribution in [0.25, 0.3) is 0 Å². The molecular weight excluding hydrogens is 446 g/mol. The smallest absolute Gasteiger partial charge is 0.411 e. The Hall–Kier alpha value is -3.61. The predicted octanol–water partition coefficient (Wildman–Crippen LogP) is 4.61. The zero-order chi connectivity index (χ0) is 24.6. The van der Waals surface area contributed by atoms with E-state index >= 15 is 0 Å². The van der Waals surface area contributed by atoms with Crippen LogP contribution >= 0.6 is 0 Å². The SMILES string of the molecule is COC(=O)C1(C(=O)OC)C2CCC=CC2CC1N1C(=O)O[C@@H](c2ccccc2)[C@H]1c1ccccc1. The number of esters is 2. The van der Waals surface area contributed by atoms with Crippen LogP contribution in [0, 0.1) is 17.3 Å². The van der Waals surface area contributed by atoms with Crippen molar-refractivity contribution in [3.05, 3.63) is 83.9 Å². The van der Waals surface area contributed by atoms with Gasteiger partial charge in [0.2, 0.25) is 0 Å². The number of methoxy groups -OCH3 is 2. The number of ether oxygens (including phenoxy) is 3. The van der Waals surface area contributed by atoms with E-state index in [-0.39, 0.29) is 11.8 Å². The molecule has 1 amide bonds. The summed E-state index contributed by atoms with van der Waals surface area (Å²) in [4.78, 5) is 42.3. The van der Waals surface area contributed by atoms with Gasteiger partial charge in [0, 0.05) is 0 Å². The van der Waals surface area contributed by atoms with E-state index in [0.717, 1.165) is 17.5 Å². The van der Waals surface area contributed by atoms with Gasteiger partial charge in [-0.2, -0.15) is 0 Å². The highest BCUT2D eigenvalue weighted by Gasteiger charge is 2.69. The molecule has 3 unspecified atom stereocenters. The fourth-order valence-electron chi connectivity index (χ4n) is 6.42. The molecule has 0 radical (unpaired) electrons. The Balaban J connectivity index is 1.69. The summed E-state index contributed by atoms with van der Waals surface area (Å²) in [5, 5.41) is 0. The van der Waals surface area contributed by atoms with Crippen LogP contribution in [0.5, 0.6) is 0 Å². The lowest BCUT2D eigenvalue weighted by Crippen LogP contribution is -2.58. The topological polar surface area (TPSA) is 82.1 Å². The zero-order valence-corrected chi connectivity index (χ0v) is 19.8. The summed E-state index contributed by atoms with van der Waals surface area (Å²) in [7, 11) is 2.56. The van der Waals surface area contributed by atoms with Crippen molar-refractivity contribution in [3.8, 4) is 0 Å². The number of nitrogens with zero attached hydrogens (tertiary/aromatic N) is 1. The van der Waals surface area contributed by atoms with Crippen molar-refractivity contribution >= 4 is 18.0 Å². The fraction of sp³-hybridized carbons (Fsp3) is 0.393. The Morgan fingerprint density at radius 2 is 1.54 bits per heavy atom. The van der Waals surface area contributed by atoms with Crippen molar-refractivity contribution in [1.29, 1.82) is 0 Å². The average Bonchev–Trinajstić information content (AvgIpc) is 3.44. The molecule has 7 nitrogen and oxygen atoms in total. The zero-order valence-electron chi connectivity index (χ0n) is 19.8. The third-order valence-electron chi connectivity index (χ3n) is 7.83. The van der Waals surface area contributed by atoms with E-state index in [4.69, 9.17) is 14.2 Å². The van der Waals surface area contributed by atoms with Crippen LogP contribution in [0.1, 0.15) is 42.5 Å². The van der Waals surface area contributed by atoms with E-state index in [1.165, 1.54) is 14.2 Å². The van der Waals surface area contributed by atoms with Crippen molar-refractivity contribution in [2.75, 3.05) is 14.2 Å². The summed E-state index contributed by atoms with van der Waals surface area (Å²) < 4.78 is 16.5. The number of amides is 1. The van der Waals surface area contributed by atoms with Crippen LogP contribution in [0.2, 0.25) is 0 Å². The minimum absolute atomic E-state index is 0.0630. The molecule has 1 heterocycles. The molecular formula is C28H29NO6. The van der Waals surface area contributed by atoms with Gasteiger partial charge in [0.15, 0.2) is 11.5 Å². The maximum atomic E-state index is 13.6. The third-order valence-corrected chi connectivity index (χ3v) is 7.83. The molecule has 0 aromatic heterocycles. The van der Waals surface area contributed by atoms with Gasteiger partial charge in [0.25, 0.3) is 0 Å². The molecule has 5 atom stereocenters. The molecule has 1 saturated heterocycles. The van der Waals surface area contributed by atoms with Gasteiger partial charge in [-0.25, -0.2) is 4.79 Å². The quantitative estimate of drug-likeness (QED) is 0.272. The summed E-state index contributed by atoms with van der Waals surface area (Å²) in [5.41, 5.74) is 0.0619. The van der Waals surface area contributed by atoms with Crippen molar-refractivity contribution in [1.82, 2.24) is 4.90 Å². The van der Waals surface area contributed by atoms with Gasteiger partial charge >= 0.3 is 18.0 Å². The molecule has 7 heteroatoms. The minimum Gasteiger partial charge on any atom is -0.468 e. The molecule has 1 saturated carbocycles. The van der Waals surface area contributed by atoms with E-state index < -0.39 is 41.6 Å². The van der Waals surface area contributed by atoms with E-state index in [9.17, 15) is 14.4 Å². The van der Waals surface area contributed by atoms with Gasteiger partial charge in [-0.15, -0.1) is 0 Å². The van der Waals surface area contributed by atoms with Gasteiger partial charge < -0.3 is 14.2 Å². The Bertz CT molecular complexity index is 1110. The first-order valence-corrected chi connectivity index (χ1v) is 12.0. The summed E-state index contributed by atoms with van der Waals surface area (Å²) in [6.07, 6.45) is 4.78. The molecule has 35 heavy (non-hydrogen) atoms. The molecule has 3 aliphatic rings. The van der Waals surface area contributed by atoms with Crippen LogP contribution in [0.15, 0.2) is 72.8 Å². The van der Waals surface area contributed by atoms with E-state index in [1.807, 2.05) is 60.7 Å². The molecule has 2 aromatic carbocycles. The summed E-state index contributed by atoms with van der Waals surface area (Å²) >= 11 is 0. The summed E-state index contributed by atoms with van der Waals surface area (Å²) in [5.74, 6) is -1.73. The highest BCUT2D eigenvalue weighted by Crippen LogP contribution is 2.58. The number of cyclic esters (lactones) is 1. The third kappa shape index (κ3) is 3.52. The van der Waals surface area contributed by atoms with E-state index in [1.54, 1.807) is 4.90 Å². The van der Waals surface area contributed by atoms with Crippen molar-refractivity contribution in [3.63, 3.8) is 0 Å². The number of hydrogen-bond donors (Lipinski definition) is 0. The van der Waals surface area contributed by atoms with Crippen LogP contribution in [-0.4, -0.2) is 43.2 Å². The number of fused-ring (bicyclic) bond motifs is 1. The van der Waals surface area contributed by atoms with Gasteiger partial charge in [-0.1, -0.05) is 72.8 Å². The Morgan fingerprint density at radius 3 is 2.14 bits per heavy atom. The average molecular weight is 476 g/mol. The molecule has 2 aromatic rings. The normalized spacial score (nSPS) is 28.8. The monoisotopic (exact) mass is 475 g/mol. The maximum Gasteiger partial charge on any atom is 0.411 e. The van der Waals surface area contributed by atoms with Crippen molar-refractivity contribution in [2.45, 2.75) is 37.5 Å². The Morgan fingerprint density at radius 1 is 0.943 bits per heavy atom. The number of carbonyl (C=O) groups is 3. The lowest BCUT2D eigenvalue weighted by atomic mass is 9.69. The van der Waals surface area contributed by atoms with E-state index in [2.05, 4.69) is 12.2 Å². The summed E-state index contributed by atoms with van der Waals surface area (Å²) in [6, 6.07) is 17.8. The second-order valence-electron chi connectivity index (χ2n) is 9.36. The standard InChI is InChI=1S/C28H29NO6/c1-33-25(30)28(26(31)34-2)21-16-10-9-15-20(21)17-22(28)29-23(18-11-5-3-6-12-18)24(35-27(29)32)19-13-7-4-8-14-19/h3-9,11-15,20-24H,10,16-17H2,1-2H3/t20?,21?,22?,23-,24+/m1/s1. The van der Waals surface area contributed by atoms with Crippen LogP contribution in [0.4, 0.5) is 4.79 Å². The van der Waals surface area contributed by atoms with E-state index in [0.29, 0.717) is 12.8 Å². The van der Waals surface area contributed by atoms with Crippen molar-refractivity contribution < 1.29 is 28.6 Å². The molecule has 5 rings (SSSR count).